The molecule has 118 valence electrons. The summed E-state index contributed by atoms with van der Waals surface area (Å²) in [7, 11) is 1.91. The number of nitrogens with two attached hydrogens (primary N) is 1. The molecule has 0 spiro atoms. The summed E-state index contributed by atoms with van der Waals surface area (Å²) < 4.78 is 39.5. The van der Waals surface area contributed by atoms with E-state index in [2.05, 4.69) is 4.90 Å². The Hall–Kier alpha value is -1.07. The molecule has 3 unspecified atom stereocenters. The molecule has 1 saturated carbocycles. The van der Waals surface area contributed by atoms with Crippen LogP contribution in [0.5, 0.6) is 0 Å². The van der Waals surface area contributed by atoms with Crippen LogP contribution in [-0.2, 0) is 6.18 Å². The average Bonchev–Trinajstić information content (AvgIpc) is 2.93. The van der Waals surface area contributed by atoms with E-state index < -0.39 is 11.7 Å². The van der Waals surface area contributed by atoms with Gasteiger partial charge in [0.1, 0.15) is 0 Å². The Balaban J connectivity index is 2.26. The van der Waals surface area contributed by atoms with Crippen molar-refractivity contribution in [1.29, 1.82) is 0 Å². The molecule has 0 saturated heterocycles. The maximum absolute atomic E-state index is 13.2. The third-order valence-electron chi connectivity index (χ3n) is 4.77. The molecule has 3 atom stereocenters. The summed E-state index contributed by atoms with van der Waals surface area (Å²) in [6.45, 7) is 2.44. The number of benzene rings is 1. The van der Waals surface area contributed by atoms with Gasteiger partial charge in [-0.2, -0.15) is 13.2 Å². The van der Waals surface area contributed by atoms with E-state index in [1.165, 1.54) is 6.07 Å². The second kappa shape index (κ2) is 6.36. The van der Waals surface area contributed by atoms with Crippen molar-refractivity contribution in [2.75, 3.05) is 13.6 Å². The van der Waals surface area contributed by atoms with Crippen molar-refractivity contribution in [2.24, 2.45) is 11.7 Å². The summed E-state index contributed by atoms with van der Waals surface area (Å²) in [6, 6.07) is 5.85. The molecule has 1 fully saturated rings. The van der Waals surface area contributed by atoms with E-state index >= 15 is 0 Å². The molecule has 5 heteroatoms. The van der Waals surface area contributed by atoms with Gasteiger partial charge >= 0.3 is 6.18 Å². The monoisotopic (exact) mass is 300 g/mol. The van der Waals surface area contributed by atoms with E-state index in [1.807, 2.05) is 14.0 Å². The first-order chi connectivity index (χ1) is 9.86. The van der Waals surface area contributed by atoms with Gasteiger partial charge in [-0.05, 0) is 50.9 Å². The number of halogens is 3. The highest BCUT2D eigenvalue weighted by atomic mass is 19.4. The lowest BCUT2D eigenvalue weighted by Crippen LogP contribution is -2.39. The zero-order valence-electron chi connectivity index (χ0n) is 12.5. The van der Waals surface area contributed by atoms with Crippen molar-refractivity contribution in [2.45, 2.75) is 44.4 Å². The minimum Gasteiger partial charge on any atom is -0.330 e. The molecule has 21 heavy (non-hydrogen) atoms. The third-order valence-corrected chi connectivity index (χ3v) is 4.77. The molecule has 2 rings (SSSR count). The first kappa shape index (κ1) is 16.3. The molecular weight excluding hydrogens is 277 g/mol. The fraction of sp³-hybridized carbons (Fsp3) is 0.625. The molecule has 0 aliphatic heterocycles. The molecule has 1 aromatic carbocycles. The first-order valence-electron chi connectivity index (χ1n) is 7.44. The Bertz CT molecular complexity index is 473. The molecule has 0 bridgehead atoms. The minimum absolute atomic E-state index is 0.270. The fourth-order valence-corrected chi connectivity index (χ4v) is 3.45. The molecule has 1 aliphatic carbocycles. The number of hydrogen-bond donors (Lipinski definition) is 1. The maximum Gasteiger partial charge on any atom is 0.416 e. The largest absolute Gasteiger partial charge is 0.416 e. The molecule has 2 nitrogen and oxygen atoms in total. The zero-order valence-corrected chi connectivity index (χ0v) is 12.5. The van der Waals surface area contributed by atoms with Crippen molar-refractivity contribution in [3.8, 4) is 0 Å². The van der Waals surface area contributed by atoms with E-state index in [1.54, 1.807) is 12.1 Å². The molecule has 1 aliphatic rings. The van der Waals surface area contributed by atoms with Gasteiger partial charge in [-0.15, -0.1) is 0 Å². The predicted octanol–water partition coefficient (Wildman–Crippen LogP) is 3.83. The summed E-state index contributed by atoms with van der Waals surface area (Å²) in [5.74, 6) is 0.385. The van der Waals surface area contributed by atoms with Gasteiger partial charge < -0.3 is 5.73 Å². The molecule has 0 aromatic heterocycles. The van der Waals surface area contributed by atoms with Crippen LogP contribution in [-0.4, -0.2) is 24.5 Å². The lowest BCUT2D eigenvalue weighted by atomic mass is 9.96. The van der Waals surface area contributed by atoms with Crippen LogP contribution in [0.3, 0.4) is 0 Å². The van der Waals surface area contributed by atoms with Gasteiger partial charge in [-0.1, -0.05) is 24.6 Å². The maximum atomic E-state index is 13.2. The van der Waals surface area contributed by atoms with Crippen LogP contribution in [0.25, 0.3) is 0 Å². The van der Waals surface area contributed by atoms with Crippen molar-refractivity contribution < 1.29 is 13.2 Å². The average molecular weight is 300 g/mol. The summed E-state index contributed by atoms with van der Waals surface area (Å²) in [6.07, 6.45) is -1.13. The number of nitrogens with zero attached hydrogens (tertiary/aromatic N) is 1. The minimum atomic E-state index is -4.31. The quantitative estimate of drug-likeness (QED) is 0.916. The molecular formula is C16H23F3N2. The zero-order chi connectivity index (χ0) is 15.6. The lowest BCUT2D eigenvalue weighted by Gasteiger charge is -2.35. The second-order valence-electron chi connectivity index (χ2n) is 5.92. The Labute approximate surface area is 124 Å². The highest BCUT2D eigenvalue weighted by molar-refractivity contribution is 5.32. The Kier molecular flexibility index (Phi) is 4.94. The third kappa shape index (κ3) is 3.40. The Morgan fingerprint density at radius 3 is 2.57 bits per heavy atom. The molecule has 0 amide bonds. The normalized spacial score (nSPS) is 24.5. The van der Waals surface area contributed by atoms with Crippen molar-refractivity contribution in [3.05, 3.63) is 35.4 Å². The van der Waals surface area contributed by atoms with Crippen molar-refractivity contribution in [1.82, 2.24) is 4.90 Å². The predicted molar refractivity (Wildman–Crippen MR) is 77.8 cm³/mol. The van der Waals surface area contributed by atoms with Crippen LogP contribution in [0, 0.1) is 5.92 Å². The van der Waals surface area contributed by atoms with Crippen LogP contribution in [0.4, 0.5) is 13.2 Å². The lowest BCUT2D eigenvalue weighted by molar-refractivity contribution is -0.138. The second-order valence-corrected chi connectivity index (χ2v) is 5.92. The van der Waals surface area contributed by atoms with Gasteiger partial charge in [0.05, 0.1) is 5.56 Å². The smallest absolute Gasteiger partial charge is 0.330 e. The Morgan fingerprint density at radius 1 is 1.29 bits per heavy atom. The van der Waals surface area contributed by atoms with Gasteiger partial charge in [0.2, 0.25) is 0 Å². The standard InChI is InChI=1S/C16H23F3N2/c1-11(21(2)15-9-5-6-12(15)10-20)13-7-3-4-8-14(13)16(17,18)19/h3-4,7-8,11-12,15H,5-6,9-10,20H2,1-2H3. The first-order valence-corrected chi connectivity index (χ1v) is 7.44. The van der Waals surface area contributed by atoms with Gasteiger partial charge in [0.25, 0.3) is 0 Å². The van der Waals surface area contributed by atoms with Crippen LogP contribution >= 0.6 is 0 Å². The van der Waals surface area contributed by atoms with Crippen LogP contribution in [0.1, 0.15) is 43.4 Å². The van der Waals surface area contributed by atoms with Gasteiger partial charge in [-0.25, -0.2) is 0 Å². The van der Waals surface area contributed by atoms with E-state index in [0.717, 1.165) is 25.3 Å². The fourth-order valence-electron chi connectivity index (χ4n) is 3.45. The van der Waals surface area contributed by atoms with E-state index in [0.29, 0.717) is 18.0 Å². The van der Waals surface area contributed by atoms with Crippen molar-refractivity contribution in [3.63, 3.8) is 0 Å². The summed E-state index contributed by atoms with van der Waals surface area (Å²) >= 11 is 0. The highest BCUT2D eigenvalue weighted by Gasteiger charge is 2.37. The van der Waals surface area contributed by atoms with E-state index in [9.17, 15) is 13.2 Å². The SMILES string of the molecule is CC(c1ccccc1C(F)(F)F)N(C)C1CCCC1CN. The van der Waals surface area contributed by atoms with Crippen LogP contribution in [0.15, 0.2) is 24.3 Å². The molecule has 0 radical (unpaired) electrons. The van der Waals surface area contributed by atoms with Gasteiger partial charge in [0.15, 0.2) is 0 Å². The molecule has 2 N–H and O–H groups in total. The number of hydrogen-bond acceptors (Lipinski definition) is 2. The van der Waals surface area contributed by atoms with Crippen LogP contribution in [0.2, 0.25) is 0 Å². The van der Waals surface area contributed by atoms with Crippen molar-refractivity contribution >= 4 is 0 Å². The number of alkyl halides is 3. The van der Waals surface area contributed by atoms with E-state index in [-0.39, 0.29) is 12.1 Å². The highest BCUT2D eigenvalue weighted by Crippen LogP contribution is 2.38. The van der Waals surface area contributed by atoms with E-state index in [4.69, 9.17) is 5.73 Å². The van der Waals surface area contributed by atoms with Crippen LogP contribution < -0.4 is 5.73 Å². The molecule has 0 heterocycles. The summed E-state index contributed by atoms with van der Waals surface area (Å²) in [5.41, 5.74) is 5.60. The number of rotatable bonds is 4. The Morgan fingerprint density at radius 2 is 1.95 bits per heavy atom. The molecule has 1 aromatic rings. The summed E-state index contributed by atoms with van der Waals surface area (Å²) in [4.78, 5) is 2.06. The van der Waals surface area contributed by atoms with Gasteiger partial charge in [-0.3, -0.25) is 4.90 Å². The topological polar surface area (TPSA) is 29.3 Å². The van der Waals surface area contributed by atoms with Gasteiger partial charge in [0, 0.05) is 12.1 Å². The summed E-state index contributed by atoms with van der Waals surface area (Å²) in [5, 5.41) is 0.